The summed E-state index contributed by atoms with van der Waals surface area (Å²) in [5.41, 5.74) is 8.03. The summed E-state index contributed by atoms with van der Waals surface area (Å²) < 4.78 is 13.1. The van der Waals surface area contributed by atoms with Crippen molar-refractivity contribution in [3.63, 3.8) is 0 Å². The molecule has 1 aromatic carbocycles. The zero-order chi connectivity index (χ0) is 19.4. The zero-order valence-electron chi connectivity index (χ0n) is 15.6. The highest BCUT2D eigenvalue weighted by Crippen LogP contribution is 2.24. The van der Waals surface area contributed by atoms with Crippen LogP contribution >= 0.6 is 0 Å². The van der Waals surface area contributed by atoms with Crippen LogP contribution in [-0.4, -0.2) is 40.8 Å². The normalized spacial score (nSPS) is 14.6. The van der Waals surface area contributed by atoms with E-state index in [2.05, 4.69) is 29.4 Å². The van der Waals surface area contributed by atoms with Crippen LogP contribution in [0, 0.1) is 5.82 Å². The van der Waals surface area contributed by atoms with E-state index < -0.39 is 6.03 Å². The highest BCUT2D eigenvalue weighted by atomic mass is 19.1. The van der Waals surface area contributed by atoms with Crippen LogP contribution in [0.3, 0.4) is 0 Å². The van der Waals surface area contributed by atoms with Crippen LogP contribution in [0.4, 0.5) is 15.0 Å². The summed E-state index contributed by atoms with van der Waals surface area (Å²) in [6, 6.07) is 9.97. The summed E-state index contributed by atoms with van der Waals surface area (Å²) in [5, 5.41) is 11.8. The number of halogens is 1. The summed E-state index contributed by atoms with van der Waals surface area (Å²) in [7, 11) is 0. The Kier molecular flexibility index (Phi) is 5.39. The Labute approximate surface area is 158 Å². The van der Waals surface area contributed by atoms with Gasteiger partial charge in [0.25, 0.3) is 0 Å². The standard InChI is InChI=1S/C20H24FN5O/c1-20(2,15-3-5-16(21)6-4-15)13-23-18-8-7-17(24-25-18)14-9-11-26(12-10-14)19(22)27/h3-9H,10-13H2,1-2H3,(H2,22,27)(H,23,25). The van der Waals surface area contributed by atoms with Crippen molar-refractivity contribution in [3.8, 4) is 0 Å². The van der Waals surface area contributed by atoms with Crippen LogP contribution in [0.1, 0.15) is 31.5 Å². The fraction of sp³-hybridized carbons (Fsp3) is 0.350. The lowest BCUT2D eigenvalue weighted by molar-refractivity contribution is 0.213. The fourth-order valence-corrected chi connectivity index (χ4v) is 3.01. The van der Waals surface area contributed by atoms with E-state index >= 15 is 0 Å². The predicted octanol–water partition coefficient (Wildman–Crippen LogP) is 3.17. The first kappa shape index (κ1) is 18.8. The Balaban J connectivity index is 1.61. The molecular weight excluding hydrogens is 345 g/mol. The highest BCUT2D eigenvalue weighted by Gasteiger charge is 2.21. The molecule has 0 bridgehead atoms. The van der Waals surface area contributed by atoms with Gasteiger partial charge in [-0.05, 0) is 41.8 Å². The number of anilines is 1. The molecule has 1 aromatic heterocycles. The van der Waals surface area contributed by atoms with Gasteiger partial charge in [0.05, 0.1) is 5.69 Å². The van der Waals surface area contributed by atoms with Crippen molar-refractivity contribution in [1.82, 2.24) is 15.1 Å². The Morgan fingerprint density at radius 1 is 1.22 bits per heavy atom. The monoisotopic (exact) mass is 369 g/mol. The van der Waals surface area contributed by atoms with Crippen molar-refractivity contribution in [2.24, 2.45) is 5.73 Å². The molecule has 1 aliphatic heterocycles. The van der Waals surface area contributed by atoms with E-state index in [1.165, 1.54) is 12.1 Å². The first-order chi connectivity index (χ1) is 12.8. The van der Waals surface area contributed by atoms with Gasteiger partial charge < -0.3 is 16.0 Å². The molecule has 0 radical (unpaired) electrons. The Bertz CT molecular complexity index is 830. The van der Waals surface area contributed by atoms with E-state index in [4.69, 9.17) is 5.73 Å². The maximum absolute atomic E-state index is 13.1. The number of nitrogens with one attached hydrogen (secondary N) is 1. The van der Waals surface area contributed by atoms with Crippen LogP contribution in [-0.2, 0) is 5.41 Å². The molecule has 7 heteroatoms. The summed E-state index contributed by atoms with van der Waals surface area (Å²) >= 11 is 0. The van der Waals surface area contributed by atoms with Crippen LogP contribution in [0.15, 0.2) is 42.5 Å². The SMILES string of the molecule is CC(C)(CNc1ccc(C2=CCN(C(N)=O)CC2)nn1)c1ccc(F)cc1. The van der Waals surface area contributed by atoms with E-state index in [1.54, 1.807) is 17.0 Å². The summed E-state index contributed by atoms with van der Waals surface area (Å²) in [4.78, 5) is 12.8. The second-order valence-corrected chi connectivity index (χ2v) is 7.31. The Morgan fingerprint density at radius 2 is 1.96 bits per heavy atom. The van der Waals surface area contributed by atoms with Gasteiger partial charge in [0.2, 0.25) is 0 Å². The van der Waals surface area contributed by atoms with Gasteiger partial charge in [0.15, 0.2) is 0 Å². The average Bonchev–Trinajstić information content (AvgIpc) is 2.67. The maximum atomic E-state index is 13.1. The molecule has 0 saturated carbocycles. The minimum atomic E-state index is -0.403. The molecule has 2 amide bonds. The van der Waals surface area contributed by atoms with Crippen molar-refractivity contribution in [3.05, 3.63) is 59.5 Å². The third-order valence-electron chi connectivity index (χ3n) is 4.85. The number of amides is 2. The van der Waals surface area contributed by atoms with Crippen molar-refractivity contribution in [1.29, 1.82) is 0 Å². The lowest BCUT2D eigenvalue weighted by Crippen LogP contribution is -2.38. The first-order valence-electron chi connectivity index (χ1n) is 8.92. The third-order valence-corrected chi connectivity index (χ3v) is 4.85. The predicted molar refractivity (Wildman–Crippen MR) is 104 cm³/mol. The van der Waals surface area contributed by atoms with E-state index in [9.17, 15) is 9.18 Å². The summed E-state index contributed by atoms with van der Waals surface area (Å²) in [5.74, 6) is 0.448. The minimum Gasteiger partial charge on any atom is -0.368 e. The number of nitrogens with zero attached hydrogens (tertiary/aromatic N) is 3. The van der Waals surface area contributed by atoms with E-state index in [1.807, 2.05) is 18.2 Å². The quantitative estimate of drug-likeness (QED) is 0.848. The van der Waals surface area contributed by atoms with Crippen LogP contribution in [0.2, 0.25) is 0 Å². The molecule has 0 aliphatic carbocycles. The molecule has 0 spiro atoms. The Morgan fingerprint density at radius 3 is 2.52 bits per heavy atom. The molecule has 2 aromatic rings. The van der Waals surface area contributed by atoms with E-state index in [-0.39, 0.29) is 11.2 Å². The zero-order valence-corrected chi connectivity index (χ0v) is 15.6. The first-order valence-corrected chi connectivity index (χ1v) is 8.92. The number of nitrogens with two attached hydrogens (primary N) is 1. The Hall–Kier alpha value is -2.96. The lowest BCUT2D eigenvalue weighted by atomic mass is 9.84. The molecule has 1 aliphatic rings. The van der Waals surface area contributed by atoms with Crippen molar-refractivity contribution in [2.75, 3.05) is 25.0 Å². The van der Waals surface area contributed by atoms with Crippen molar-refractivity contribution in [2.45, 2.75) is 25.7 Å². The number of urea groups is 1. The number of hydrogen-bond acceptors (Lipinski definition) is 4. The van der Waals surface area contributed by atoms with Crippen LogP contribution in [0.25, 0.3) is 5.57 Å². The molecule has 0 fully saturated rings. The van der Waals surface area contributed by atoms with Gasteiger partial charge in [-0.1, -0.05) is 32.1 Å². The van der Waals surface area contributed by atoms with Gasteiger partial charge in [-0.3, -0.25) is 0 Å². The van der Waals surface area contributed by atoms with Crippen molar-refractivity contribution >= 4 is 17.4 Å². The topological polar surface area (TPSA) is 84.1 Å². The molecule has 0 saturated heterocycles. The number of benzene rings is 1. The van der Waals surface area contributed by atoms with Gasteiger partial charge in [-0.15, -0.1) is 10.2 Å². The molecule has 2 heterocycles. The van der Waals surface area contributed by atoms with Gasteiger partial charge in [0.1, 0.15) is 11.6 Å². The number of carbonyl (C=O) groups is 1. The van der Waals surface area contributed by atoms with Crippen LogP contribution in [0.5, 0.6) is 0 Å². The van der Waals surface area contributed by atoms with Gasteiger partial charge in [-0.2, -0.15) is 0 Å². The largest absolute Gasteiger partial charge is 0.368 e. The summed E-state index contributed by atoms with van der Waals surface area (Å²) in [6.07, 6.45) is 2.67. The molecule has 3 N–H and O–H groups in total. The third kappa shape index (κ3) is 4.61. The number of rotatable bonds is 5. The minimum absolute atomic E-state index is 0.182. The van der Waals surface area contributed by atoms with Gasteiger partial charge in [0, 0.05) is 25.0 Å². The lowest BCUT2D eigenvalue weighted by Gasteiger charge is -2.26. The average molecular weight is 369 g/mol. The van der Waals surface area contributed by atoms with Gasteiger partial charge in [-0.25, -0.2) is 9.18 Å². The van der Waals surface area contributed by atoms with Crippen molar-refractivity contribution < 1.29 is 9.18 Å². The molecule has 0 atom stereocenters. The maximum Gasteiger partial charge on any atom is 0.315 e. The molecule has 6 nitrogen and oxygen atoms in total. The van der Waals surface area contributed by atoms with Crippen LogP contribution < -0.4 is 11.1 Å². The fourth-order valence-electron chi connectivity index (χ4n) is 3.01. The molecule has 142 valence electrons. The molecular formula is C20H24FN5O. The number of primary amides is 1. The molecule has 0 unspecified atom stereocenters. The van der Waals surface area contributed by atoms with Gasteiger partial charge >= 0.3 is 6.03 Å². The molecule has 27 heavy (non-hydrogen) atoms. The number of aromatic nitrogens is 2. The smallest absolute Gasteiger partial charge is 0.315 e. The van der Waals surface area contributed by atoms with E-state index in [0.29, 0.717) is 31.9 Å². The summed E-state index contributed by atoms with van der Waals surface area (Å²) in [6.45, 7) is 5.91. The van der Waals surface area contributed by atoms with E-state index in [0.717, 1.165) is 16.8 Å². The second kappa shape index (κ2) is 7.73. The second-order valence-electron chi connectivity index (χ2n) is 7.31. The molecule has 3 rings (SSSR count). The number of hydrogen-bond donors (Lipinski definition) is 2. The highest BCUT2D eigenvalue weighted by molar-refractivity contribution is 5.74. The number of carbonyl (C=O) groups excluding carboxylic acids is 1.